The van der Waals surface area contributed by atoms with Gasteiger partial charge in [-0.3, -0.25) is 0 Å². The average Bonchev–Trinajstić information content (AvgIpc) is 2.48. The van der Waals surface area contributed by atoms with Crippen molar-refractivity contribution in [1.29, 1.82) is 0 Å². The fraction of sp³-hybridized carbons (Fsp3) is 0.600. The summed E-state index contributed by atoms with van der Waals surface area (Å²) in [6.45, 7) is 8.42. The molecule has 0 unspecified atom stereocenters. The summed E-state index contributed by atoms with van der Waals surface area (Å²) in [5, 5.41) is 0. The van der Waals surface area contributed by atoms with Crippen LogP contribution >= 0.6 is 0 Å². The first-order valence-corrected chi connectivity index (χ1v) is 16.1. The fourth-order valence-corrected chi connectivity index (χ4v) is 9.72. The first kappa shape index (κ1) is 20.0. The number of rotatable bonds is 4. The molecule has 0 fully saturated rings. The van der Waals surface area contributed by atoms with Crippen molar-refractivity contribution in [2.45, 2.75) is 71.1 Å². The Morgan fingerprint density at radius 2 is 0.667 bits per heavy atom. The summed E-state index contributed by atoms with van der Waals surface area (Å²) >= 11 is -2.48. The molecule has 0 saturated carbocycles. The molecule has 0 N–H and O–H groups in total. The monoisotopic (exact) mass is 388 g/mol. The molecule has 112 valence electrons. The van der Waals surface area contributed by atoms with Crippen LogP contribution in [0.4, 0.5) is 0 Å². The third kappa shape index (κ3) is 10.4. The Hall–Kier alpha value is -0.961. The van der Waals surface area contributed by atoms with E-state index in [1.54, 1.807) is 0 Å². The van der Waals surface area contributed by atoms with Crippen LogP contribution in [0, 0.1) is 47.4 Å². The molecular weight excluding hydrogens is 359 g/mol. The summed E-state index contributed by atoms with van der Waals surface area (Å²) in [4.78, 5) is 0. The molecule has 0 aromatic rings. The summed E-state index contributed by atoms with van der Waals surface area (Å²) in [6.07, 6.45) is 3.74. The second-order valence-electron chi connectivity index (χ2n) is 5.04. The van der Waals surface area contributed by atoms with Crippen LogP contribution in [0.2, 0.25) is 17.7 Å². The van der Waals surface area contributed by atoms with Gasteiger partial charge >= 0.3 is 137 Å². The predicted octanol–water partition coefficient (Wildman–Crippen LogP) is 5.09. The molecule has 0 aliphatic heterocycles. The van der Waals surface area contributed by atoms with Gasteiger partial charge in [0.25, 0.3) is 0 Å². The maximum atomic E-state index is 3.40. The third-order valence-electron chi connectivity index (χ3n) is 3.06. The van der Waals surface area contributed by atoms with E-state index in [0.29, 0.717) is 0 Å². The van der Waals surface area contributed by atoms with E-state index >= 15 is 0 Å². The predicted molar refractivity (Wildman–Crippen MR) is 97.3 cm³/mol. The van der Waals surface area contributed by atoms with Crippen molar-refractivity contribution in [3.63, 3.8) is 0 Å². The molecule has 0 aliphatic rings. The quantitative estimate of drug-likeness (QED) is 0.466. The van der Waals surface area contributed by atoms with Gasteiger partial charge in [0.05, 0.1) is 0 Å². The fourth-order valence-electron chi connectivity index (χ4n) is 1.87. The van der Waals surface area contributed by atoms with Crippen molar-refractivity contribution in [3.8, 4) is 47.4 Å². The normalized spacial score (nSPS) is 8.95. The summed E-state index contributed by atoms with van der Waals surface area (Å²) in [5.74, 6) is 26.5. The van der Waals surface area contributed by atoms with Crippen molar-refractivity contribution in [2.75, 3.05) is 0 Å². The van der Waals surface area contributed by atoms with Gasteiger partial charge in [-0.25, -0.2) is 0 Å². The zero-order valence-corrected chi connectivity index (χ0v) is 17.0. The molecule has 0 amide bonds. The molecule has 0 nitrogen and oxygen atoms in total. The van der Waals surface area contributed by atoms with Crippen molar-refractivity contribution in [2.24, 2.45) is 0 Å². The van der Waals surface area contributed by atoms with E-state index in [0.717, 1.165) is 43.4 Å². The van der Waals surface area contributed by atoms with Crippen molar-refractivity contribution in [3.05, 3.63) is 0 Å². The number of hydrogen-bond acceptors (Lipinski definition) is 0. The summed E-state index contributed by atoms with van der Waals surface area (Å²) < 4.78 is 4.21. The van der Waals surface area contributed by atoms with Gasteiger partial charge in [-0.1, -0.05) is 0 Å². The number of hydrogen-bond donors (Lipinski definition) is 0. The minimum atomic E-state index is -2.48. The second kappa shape index (κ2) is 14.0. The molecule has 0 aromatic carbocycles. The molecule has 0 atom stereocenters. The molecule has 1 heteroatoms. The molecule has 0 saturated heterocycles. The molecular formula is C20H28Sn. The van der Waals surface area contributed by atoms with Crippen LogP contribution < -0.4 is 0 Å². The zero-order valence-electron chi connectivity index (χ0n) is 14.2. The van der Waals surface area contributed by atoms with Crippen LogP contribution in [0.15, 0.2) is 0 Å². The molecule has 0 radical (unpaired) electrons. The van der Waals surface area contributed by atoms with Crippen LogP contribution in [-0.2, 0) is 0 Å². The van der Waals surface area contributed by atoms with E-state index < -0.39 is 18.4 Å². The van der Waals surface area contributed by atoms with Gasteiger partial charge in [0, 0.05) is 0 Å². The zero-order chi connectivity index (χ0) is 15.8. The van der Waals surface area contributed by atoms with Gasteiger partial charge in [-0.05, 0) is 0 Å². The topological polar surface area (TPSA) is 0 Å². The van der Waals surface area contributed by atoms with Crippen molar-refractivity contribution >= 4 is 18.4 Å². The van der Waals surface area contributed by atoms with E-state index in [2.05, 4.69) is 75.1 Å². The van der Waals surface area contributed by atoms with E-state index in [4.69, 9.17) is 0 Å². The van der Waals surface area contributed by atoms with E-state index in [9.17, 15) is 0 Å². The van der Waals surface area contributed by atoms with E-state index in [-0.39, 0.29) is 0 Å². The van der Waals surface area contributed by atoms with Gasteiger partial charge in [0.2, 0.25) is 0 Å². The van der Waals surface area contributed by atoms with Crippen LogP contribution in [0.5, 0.6) is 0 Å². The molecule has 0 aromatic heterocycles. The molecule has 0 rings (SSSR count). The maximum absolute atomic E-state index is 3.40. The first-order chi connectivity index (χ1) is 10.2. The molecule has 21 heavy (non-hydrogen) atoms. The Balaban J connectivity index is 5.22. The SMILES string of the molecule is CCC#C[CH2][Sn]([CH2]C#CCC)([CH2]C#CCC)[CH2]C#CCC. The van der Waals surface area contributed by atoms with Gasteiger partial charge in [0.1, 0.15) is 0 Å². The van der Waals surface area contributed by atoms with Crippen molar-refractivity contribution in [1.82, 2.24) is 0 Å². The van der Waals surface area contributed by atoms with E-state index in [1.165, 1.54) is 0 Å². The van der Waals surface area contributed by atoms with Crippen LogP contribution in [0.1, 0.15) is 53.4 Å². The Labute approximate surface area is 136 Å². The summed E-state index contributed by atoms with van der Waals surface area (Å²) in [6, 6.07) is 0. The summed E-state index contributed by atoms with van der Waals surface area (Å²) in [5.41, 5.74) is 0. The van der Waals surface area contributed by atoms with Gasteiger partial charge in [-0.15, -0.1) is 0 Å². The van der Waals surface area contributed by atoms with Gasteiger partial charge < -0.3 is 0 Å². The Kier molecular flexibility index (Phi) is 13.4. The average molecular weight is 387 g/mol. The van der Waals surface area contributed by atoms with Crippen LogP contribution in [0.3, 0.4) is 0 Å². The Morgan fingerprint density at radius 1 is 0.429 bits per heavy atom. The van der Waals surface area contributed by atoms with Crippen LogP contribution in [-0.4, -0.2) is 18.4 Å². The minimum absolute atomic E-state index is 0.934. The first-order valence-electron chi connectivity index (χ1n) is 8.07. The third-order valence-corrected chi connectivity index (χ3v) is 13.6. The Morgan fingerprint density at radius 3 is 0.857 bits per heavy atom. The molecule has 0 aliphatic carbocycles. The molecule has 0 spiro atoms. The van der Waals surface area contributed by atoms with E-state index in [1.807, 2.05) is 0 Å². The van der Waals surface area contributed by atoms with Crippen molar-refractivity contribution < 1.29 is 0 Å². The summed E-state index contributed by atoms with van der Waals surface area (Å²) in [7, 11) is 0. The second-order valence-corrected chi connectivity index (χ2v) is 17.6. The van der Waals surface area contributed by atoms with Gasteiger partial charge in [0.15, 0.2) is 0 Å². The molecule has 0 bridgehead atoms. The molecule has 0 heterocycles. The Bertz CT molecular complexity index is 410. The standard InChI is InChI=1S/4C5H7.Sn/c4*1-3-5-4-2;/h4*1,4H2,2H3;. The van der Waals surface area contributed by atoms with Crippen LogP contribution in [0.25, 0.3) is 0 Å². The van der Waals surface area contributed by atoms with Gasteiger partial charge in [-0.2, -0.15) is 0 Å².